The molecule has 4 atom stereocenters. The lowest BCUT2D eigenvalue weighted by atomic mass is 10.1. The summed E-state index contributed by atoms with van der Waals surface area (Å²) in [6, 6.07) is 1.28. The summed E-state index contributed by atoms with van der Waals surface area (Å²) in [6.07, 6.45) is 0.0458. The van der Waals surface area contributed by atoms with Gasteiger partial charge in [0.15, 0.2) is 12.0 Å². The smallest absolute Gasteiger partial charge is 0.330 e. The molecular weight excluding hydrogens is 252 g/mol. The van der Waals surface area contributed by atoms with Crippen molar-refractivity contribution in [3.63, 3.8) is 0 Å². The van der Waals surface area contributed by atoms with Gasteiger partial charge in [0.25, 0.3) is 5.56 Å². The Labute approximate surface area is 109 Å². The van der Waals surface area contributed by atoms with Crippen LogP contribution in [-0.4, -0.2) is 33.7 Å². The third-order valence-electron chi connectivity index (χ3n) is 3.39. The first-order valence-electron chi connectivity index (χ1n) is 6.20. The average Bonchev–Trinajstić information content (AvgIpc) is 2.75. The second kappa shape index (κ2) is 4.03. The van der Waals surface area contributed by atoms with Gasteiger partial charge in [0, 0.05) is 12.3 Å². The fraction of sp³-hybridized carbons (Fsp3) is 0.667. The van der Waals surface area contributed by atoms with Crippen molar-refractivity contribution < 1.29 is 14.2 Å². The molecule has 19 heavy (non-hydrogen) atoms. The molecule has 1 aromatic rings. The van der Waals surface area contributed by atoms with Gasteiger partial charge in [-0.1, -0.05) is 0 Å². The molecule has 0 spiro atoms. The number of aromatic nitrogens is 2. The van der Waals surface area contributed by atoms with Gasteiger partial charge in [-0.3, -0.25) is 14.3 Å². The molecule has 3 heterocycles. The third kappa shape index (κ3) is 2.03. The molecule has 1 unspecified atom stereocenters. The molecule has 104 valence electrons. The maximum Gasteiger partial charge on any atom is 0.330 e. The van der Waals surface area contributed by atoms with E-state index in [4.69, 9.17) is 14.2 Å². The minimum atomic E-state index is -0.697. The molecule has 0 aliphatic carbocycles. The van der Waals surface area contributed by atoms with Gasteiger partial charge in [-0.15, -0.1) is 0 Å². The molecule has 2 aliphatic heterocycles. The van der Waals surface area contributed by atoms with Crippen molar-refractivity contribution in [3.8, 4) is 0 Å². The van der Waals surface area contributed by atoms with Gasteiger partial charge < -0.3 is 14.2 Å². The lowest BCUT2D eigenvalue weighted by Gasteiger charge is -2.23. The highest BCUT2D eigenvalue weighted by atomic mass is 16.8. The summed E-state index contributed by atoms with van der Waals surface area (Å²) in [5.41, 5.74) is -0.952. The first-order valence-corrected chi connectivity index (χ1v) is 6.20. The molecule has 0 saturated carbocycles. The predicted octanol–water partition coefficient (Wildman–Crippen LogP) is -0.0260. The van der Waals surface area contributed by atoms with Crippen LogP contribution in [0.4, 0.5) is 0 Å². The first kappa shape index (κ1) is 12.6. The number of aromatic amines is 1. The summed E-state index contributed by atoms with van der Waals surface area (Å²) >= 11 is 0. The van der Waals surface area contributed by atoms with Crippen molar-refractivity contribution in [2.45, 2.75) is 51.1 Å². The van der Waals surface area contributed by atoms with Gasteiger partial charge in [-0.2, -0.15) is 0 Å². The van der Waals surface area contributed by atoms with Gasteiger partial charge >= 0.3 is 5.69 Å². The van der Waals surface area contributed by atoms with Crippen molar-refractivity contribution in [1.29, 1.82) is 0 Å². The summed E-state index contributed by atoms with van der Waals surface area (Å²) in [6.45, 7) is 5.52. The SMILES string of the molecule is CC1O[C@@H](n2ccc(=O)[nH]c2=O)[C@H]2OC(C)(C)O[C@@H]12. The second-order valence-electron chi connectivity index (χ2n) is 5.31. The van der Waals surface area contributed by atoms with Crippen molar-refractivity contribution in [1.82, 2.24) is 9.55 Å². The van der Waals surface area contributed by atoms with E-state index in [1.54, 1.807) is 0 Å². The Bertz CT molecular complexity index is 605. The Kier molecular flexibility index (Phi) is 2.67. The Morgan fingerprint density at radius 2 is 1.95 bits per heavy atom. The average molecular weight is 268 g/mol. The van der Waals surface area contributed by atoms with E-state index in [0.717, 1.165) is 0 Å². The summed E-state index contributed by atoms with van der Waals surface area (Å²) in [5.74, 6) is -0.697. The number of fused-ring (bicyclic) bond motifs is 1. The van der Waals surface area contributed by atoms with Crippen molar-refractivity contribution >= 4 is 0 Å². The van der Waals surface area contributed by atoms with Crippen LogP contribution in [0.3, 0.4) is 0 Å². The van der Waals surface area contributed by atoms with Crippen LogP contribution in [0.2, 0.25) is 0 Å². The monoisotopic (exact) mass is 268 g/mol. The first-order chi connectivity index (χ1) is 8.87. The van der Waals surface area contributed by atoms with Crippen LogP contribution in [0.25, 0.3) is 0 Å². The number of H-pyrrole nitrogens is 1. The maximum atomic E-state index is 11.8. The van der Waals surface area contributed by atoms with E-state index in [-0.39, 0.29) is 18.3 Å². The van der Waals surface area contributed by atoms with Crippen LogP contribution in [0.15, 0.2) is 21.9 Å². The predicted molar refractivity (Wildman–Crippen MR) is 64.7 cm³/mol. The number of nitrogens with zero attached hydrogens (tertiary/aromatic N) is 1. The zero-order valence-electron chi connectivity index (χ0n) is 11.0. The number of nitrogens with one attached hydrogen (secondary N) is 1. The molecule has 2 saturated heterocycles. The highest BCUT2D eigenvalue weighted by Gasteiger charge is 2.54. The fourth-order valence-corrected chi connectivity index (χ4v) is 2.63. The minimum absolute atomic E-state index is 0.185. The van der Waals surface area contributed by atoms with E-state index in [1.807, 2.05) is 20.8 Å². The molecule has 1 N–H and O–H groups in total. The van der Waals surface area contributed by atoms with E-state index in [2.05, 4.69) is 4.98 Å². The van der Waals surface area contributed by atoms with Crippen LogP contribution in [0, 0.1) is 0 Å². The molecule has 0 amide bonds. The summed E-state index contributed by atoms with van der Waals surface area (Å²) in [4.78, 5) is 25.1. The standard InChI is InChI=1S/C12H16N2O5/c1-6-8-9(19-12(2,3)18-8)10(17-6)14-5-4-7(15)13-11(14)16/h4-6,8-10H,1-3H3,(H,13,15,16)/t6?,8-,9-,10+/m0/s1. The van der Waals surface area contributed by atoms with E-state index in [0.29, 0.717) is 0 Å². The molecule has 3 rings (SSSR count). The Balaban J connectivity index is 1.98. The lowest BCUT2D eigenvalue weighted by molar-refractivity contribution is -0.195. The van der Waals surface area contributed by atoms with E-state index in [9.17, 15) is 9.59 Å². The molecular formula is C12H16N2O5. The van der Waals surface area contributed by atoms with Crippen LogP contribution in [0.1, 0.15) is 27.0 Å². The molecule has 1 aromatic heterocycles. The zero-order valence-corrected chi connectivity index (χ0v) is 11.0. The molecule has 0 aromatic carbocycles. The third-order valence-corrected chi connectivity index (χ3v) is 3.39. The van der Waals surface area contributed by atoms with Crippen molar-refractivity contribution in [2.75, 3.05) is 0 Å². The summed E-state index contributed by atoms with van der Waals surface area (Å²) in [5, 5.41) is 0. The van der Waals surface area contributed by atoms with E-state index in [1.165, 1.54) is 16.8 Å². The Morgan fingerprint density at radius 1 is 1.26 bits per heavy atom. The van der Waals surface area contributed by atoms with Crippen LogP contribution < -0.4 is 11.2 Å². The van der Waals surface area contributed by atoms with Crippen LogP contribution in [-0.2, 0) is 14.2 Å². The van der Waals surface area contributed by atoms with Crippen molar-refractivity contribution in [3.05, 3.63) is 33.1 Å². The van der Waals surface area contributed by atoms with E-state index >= 15 is 0 Å². The molecule has 2 aliphatic rings. The van der Waals surface area contributed by atoms with E-state index < -0.39 is 23.3 Å². The molecule has 7 heteroatoms. The number of hydrogen-bond donors (Lipinski definition) is 1. The highest BCUT2D eigenvalue weighted by Crippen LogP contribution is 2.42. The molecule has 2 fully saturated rings. The zero-order chi connectivity index (χ0) is 13.8. The number of ether oxygens (including phenoxy) is 3. The topological polar surface area (TPSA) is 82.6 Å². The Hall–Kier alpha value is -1.44. The normalized spacial score (nSPS) is 36.4. The summed E-state index contributed by atoms with van der Waals surface area (Å²) < 4.78 is 18.6. The maximum absolute atomic E-state index is 11.8. The largest absolute Gasteiger partial charge is 0.349 e. The second-order valence-corrected chi connectivity index (χ2v) is 5.31. The van der Waals surface area contributed by atoms with Gasteiger partial charge in [-0.05, 0) is 20.8 Å². The molecule has 0 bridgehead atoms. The van der Waals surface area contributed by atoms with Crippen molar-refractivity contribution in [2.24, 2.45) is 0 Å². The van der Waals surface area contributed by atoms with Gasteiger partial charge in [0.05, 0.1) is 6.10 Å². The quantitative estimate of drug-likeness (QED) is 0.773. The van der Waals surface area contributed by atoms with Gasteiger partial charge in [0.1, 0.15) is 12.2 Å². The van der Waals surface area contributed by atoms with Crippen LogP contribution in [0.5, 0.6) is 0 Å². The fourth-order valence-electron chi connectivity index (χ4n) is 2.63. The molecule has 0 radical (unpaired) electrons. The number of hydrogen-bond acceptors (Lipinski definition) is 5. The lowest BCUT2D eigenvalue weighted by Crippen LogP contribution is -2.37. The molecule has 7 nitrogen and oxygen atoms in total. The number of rotatable bonds is 1. The highest BCUT2D eigenvalue weighted by molar-refractivity contribution is 4.97. The van der Waals surface area contributed by atoms with Crippen LogP contribution >= 0.6 is 0 Å². The van der Waals surface area contributed by atoms with Gasteiger partial charge in [0.2, 0.25) is 0 Å². The summed E-state index contributed by atoms with van der Waals surface area (Å²) in [7, 11) is 0. The Morgan fingerprint density at radius 3 is 2.63 bits per heavy atom. The van der Waals surface area contributed by atoms with Gasteiger partial charge in [-0.25, -0.2) is 4.79 Å². The minimum Gasteiger partial charge on any atom is -0.349 e.